The normalized spacial score (nSPS) is 16.2. The predicted molar refractivity (Wildman–Crippen MR) is 152 cm³/mol. The molecule has 4 aromatic rings. The Labute approximate surface area is 228 Å². The monoisotopic (exact) mass is 528 g/mol. The number of benzene rings is 4. The van der Waals surface area contributed by atoms with Gasteiger partial charge >= 0.3 is 0 Å². The molecule has 2 unspecified atom stereocenters. The molecule has 2 amide bonds. The summed E-state index contributed by atoms with van der Waals surface area (Å²) in [5.74, 6) is -0.188. The third-order valence-corrected chi connectivity index (χ3v) is 7.90. The van der Waals surface area contributed by atoms with Crippen molar-refractivity contribution < 1.29 is 9.59 Å². The zero-order valence-electron chi connectivity index (χ0n) is 20.7. The van der Waals surface area contributed by atoms with Crippen LogP contribution in [0.4, 0.5) is 0 Å². The van der Waals surface area contributed by atoms with E-state index in [2.05, 4.69) is 73.2 Å². The molecule has 0 aromatic heterocycles. The van der Waals surface area contributed by atoms with Gasteiger partial charge in [0.15, 0.2) is 0 Å². The Hall–Kier alpha value is -3.54. The summed E-state index contributed by atoms with van der Waals surface area (Å²) in [6, 6.07) is 32.1. The predicted octanol–water partition coefficient (Wildman–Crippen LogP) is 7.28. The van der Waals surface area contributed by atoms with Gasteiger partial charge in [-0.1, -0.05) is 84.9 Å². The highest BCUT2D eigenvalue weighted by Gasteiger charge is 2.26. The fourth-order valence-corrected chi connectivity index (χ4v) is 5.94. The summed E-state index contributed by atoms with van der Waals surface area (Å²) in [5.41, 5.74) is 11.1. The lowest BCUT2D eigenvalue weighted by Gasteiger charge is -2.29. The number of amides is 2. The van der Waals surface area contributed by atoms with Gasteiger partial charge in [-0.3, -0.25) is 20.4 Å². The smallest absolute Gasteiger partial charge is 0.267 e. The molecule has 1 aliphatic heterocycles. The first kappa shape index (κ1) is 26.5. The van der Waals surface area contributed by atoms with Crippen LogP contribution in [0.25, 0.3) is 0 Å². The Bertz CT molecular complexity index is 1410. The van der Waals surface area contributed by atoms with Crippen LogP contribution < -0.4 is 10.9 Å². The quantitative estimate of drug-likeness (QED) is 0.275. The van der Waals surface area contributed by atoms with Gasteiger partial charge in [0, 0.05) is 26.8 Å². The zero-order valence-corrected chi connectivity index (χ0v) is 22.4. The van der Waals surface area contributed by atoms with Gasteiger partial charge < -0.3 is 0 Å². The van der Waals surface area contributed by atoms with Crippen molar-refractivity contribution in [2.24, 2.45) is 0 Å². The fourth-order valence-electron chi connectivity index (χ4n) is 4.72. The average molecular weight is 529 g/mol. The molecule has 5 rings (SSSR count). The van der Waals surface area contributed by atoms with Crippen molar-refractivity contribution in [3.63, 3.8) is 0 Å². The molecular formula is C31H29ClN2O2S. The third kappa shape index (κ3) is 5.90. The van der Waals surface area contributed by atoms with Crippen LogP contribution in [0.3, 0.4) is 0 Å². The van der Waals surface area contributed by atoms with Gasteiger partial charge in [0.1, 0.15) is 0 Å². The lowest BCUT2D eigenvalue weighted by molar-refractivity contribution is 0.0846. The summed E-state index contributed by atoms with van der Waals surface area (Å²) in [6.07, 6.45) is 0.934. The van der Waals surface area contributed by atoms with Crippen LogP contribution in [0.1, 0.15) is 68.2 Å². The van der Waals surface area contributed by atoms with E-state index in [1.807, 2.05) is 24.3 Å². The first-order valence-electron chi connectivity index (χ1n) is 12.1. The van der Waals surface area contributed by atoms with E-state index in [1.54, 1.807) is 36.0 Å². The Kier molecular flexibility index (Phi) is 8.37. The van der Waals surface area contributed by atoms with E-state index in [9.17, 15) is 9.59 Å². The molecular weight excluding hydrogens is 500 g/mol. The zero-order chi connectivity index (χ0) is 25.1. The Balaban J connectivity index is 0.00000320. The van der Waals surface area contributed by atoms with Crippen LogP contribution in [0, 0.1) is 6.92 Å². The number of fused-ring (bicyclic) bond motifs is 2. The molecule has 188 valence electrons. The average Bonchev–Trinajstić information content (AvgIpc) is 2.91. The number of halogens is 1. The second-order valence-electron chi connectivity index (χ2n) is 9.27. The van der Waals surface area contributed by atoms with Crippen molar-refractivity contribution in [2.75, 3.05) is 0 Å². The number of rotatable bonds is 3. The summed E-state index contributed by atoms with van der Waals surface area (Å²) in [6.45, 7) is 4.34. The molecule has 0 fully saturated rings. The first-order valence-corrected chi connectivity index (χ1v) is 12.9. The number of hydrogen-bond acceptors (Lipinski definition) is 3. The SMILES string of the molecule is Cc1ccc(C2CC(C)c3cc(C(=O)NNC(=O)c4ccccc4)ccc3Sc3ccccc32)cc1.Cl. The molecule has 0 radical (unpaired) electrons. The van der Waals surface area contributed by atoms with Crippen LogP contribution in [0.2, 0.25) is 0 Å². The minimum absolute atomic E-state index is 0. The first-order chi connectivity index (χ1) is 17.5. The second kappa shape index (κ2) is 11.7. The minimum Gasteiger partial charge on any atom is -0.267 e. The van der Waals surface area contributed by atoms with Crippen LogP contribution in [-0.2, 0) is 0 Å². The van der Waals surface area contributed by atoms with Crippen LogP contribution in [0.15, 0.2) is 107 Å². The standard InChI is InChI=1S/C31H28N2O2S.ClH/c1-20-12-14-22(15-13-20)27-18-21(2)26-19-24(16-17-29(26)36-28-11-7-6-10-25(27)28)31(35)33-32-30(34)23-8-4-3-5-9-23;/h3-17,19,21,27H,18H2,1-2H3,(H,32,34)(H,33,35);1H. The summed E-state index contributed by atoms with van der Waals surface area (Å²) in [5, 5.41) is 0. The molecule has 1 aliphatic rings. The molecule has 2 atom stereocenters. The maximum absolute atomic E-state index is 12.9. The lowest BCUT2D eigenvalue weighted by atomic mass is 9.81. The van der Waals surface area contributed by atoms with E-state index < -0.39 is 0 Å². The van der Waals surface area contributed by atoms with Crippen LogP contribution in [-0.4, -0.2) is 11.8 Å². The van der Waals surface area contributed by atoms with Gasteiger partial charge in [0.2, 0.25) is 0 Å². The minimum atomic E-state index is -0.350. The Morgan fingerprint density at radius 1 is 0.730 bits per heavy atom. The molecule has 4 nitrogen and oxygen atoms in total. The highest BCUT2D eigenvalue weighted by molar-refractivity contribution is 7.99. The van der Waals surface area contributed by atoms with Crippen molar-refractivity contribution in [2.45, 2.75) is 41.9 Å². The van der Waals surface area contributed by atoms with Crippen molar-refractivity contribution in [3.05, 3.63) is 130 Å². The van der Waals surface area contributed by atoms with Gasteiger partial charge in [-0.15, -0.1) is 12.4 Å². The van der Waals surface area contributed by atoms with Gasteiger partial charge in [-0.25, -0.2) is 0 Å². The molecule has 0 aliphatic carbocycles. The topological polar surface area (TPSA) is 58.2 Å². The van der Waals surface area contributed by atoms with Crippen molar-refractivity contribution in [1.82, 2.24) is 10.9 Å². The fraction of sp³-hybridized carbons (Fsp3) is 0.161. The van der Waals surface area contributed by atoms with E-state index in [0.717, 1.165) is 16.9 Å². The number of aryl methyl sites for hydroxylation is 1. The largest absolute Gasteiger partial charge is 0.269 e. The lowest BCUT2D eigenvalue weighted by Crippen LogP contribution is -2.41. The molecule has 0 spiro atoms. The number of hydrazine groups is 1. The number of hydrogen-bond donors (Lipinski definition) is 2. The van der Waals surface area contributed by atoms with E-state index in [0.29, 0.717) is 11.1 Å². The number of carbonyl (C=O) groups is 2. The number of nitrogens with one attached hydrogen (secondary N) is 2. The summed E-state index contributed by atoms with van der Waals surface area (Å²) in [4.78, 5) is 27.6. The molecule has 2 N–H and O–H groups in total. The molecule has 0 saturated carbocycles. The maximum Gasteiger partial charge on any atom is 0.269 e. The highest BCUT2D eigenvalue weighted by Crippen LogP contribution is 2.46. The van der Waals surface area contributed by atoms with E-state index in [-0.39, 0.29) is 36.1 Å². The van der Waals surface area contributed by atoms with Gasteiger partial charge in [0.05, 0.1) is 0 Å². The van der Waals surface area contributed by atoms with Gasteiger partial charge in [0.25, 0.3) is 11.8 Å². The Morgan fingerprint density at radius 2 is 1.35 bits per heavy atom. The second-order valence-corrected chi connectivity index (χ2v) is 10.4. The van der Waals surface area contributed by atoms with E-state index >= 15 is 0 Å². The number of carbonyl (C=O) groups excluding carboxylic acids is 2. The molecule has 1 heterocycles. The maximum atomic E-state index is 12.9. The van der Waals surface area contributed by atoms with E-state index in [4.69, 9.17) is 0 Å². The Morgan fingerprint density at radius 3 is 2.08 bits per heavy atom. The third-order valence-electron chi connectivity index (χ3n) is 6.71. The van der Waals surface area contributed by atoms with Crippen LogP contribution in [0.5, 0.6) is 0 Å². The van der Waals surface area contributed by atoms with Gasteiger partial charge in [-0.2, -0.15) is 0 Å². The molecule has 4 aromatic carbocycles. The summed E-state index contributed by atoms with van der Waals surface area (Å²) < 4.78 is 0. The van der Waals surface area contributed by atoms with Crippen molar-refractivity contribution in [1.29, 1.82) is 0 Å². The van der Waals surface area contributed by atoms with Crippen LogP contribution >= 0.6 is 24.2 Å². The molecule has 37 heavy (non-hydrogen) atoms. The van der Waals surface area contributed by atoms with Crippen molar-refractivity contribution >= 4 is 36.0 Å². The molecule has 0 saturated heterocycles. The van der Waals surface area contributed by atoms with E-state index in [1.165, 1.54) is 21.6 Å². The van der Waals surface area contributed by atoms with Crippen molar-refractivity contribution in [3.8, 4) is 0 Å². The summed E-state index contributed by atoms with van der Waals surface area (Å²) in [7, 11) is 0. The summed E-state index contributed by atoms with van der Waals surface area (Å²) >= 11 is 1.76. The molecule has 6 heteroatoms. The molecule has 0 bridgehead atoms. The highest BCUT2D eigenvalue weighted by atomic mass is 35.5. The van der Waals surface area contributed by atoms with Gasteiger partial charge in [-0.05, 0) is 72.4 Å².